The average Bonchev–Trinajstić information content (AvgIpc) is 1.90. The van der Waals surface area contributed by atoms with Gasteiger partial charge in [-0.15, -0.1) is 0 Å². The number of thioether (sulfide) groups is 1. The molecule has 0 aliphatic carbocycles. The summed E-state index contributed by atoms with van der Waals surface area (Å²) in [5, 5.41) is 0.687. The highest BCUT2D eigenvalue weighted by atomic mass is 32.2. The van der Waals surface area contributed by atoms with E-state index >= 15 is 0 Å². The zero-order valence-electron chi connectivity index (χ0n) is 5.42. The van der Waals surface area contributed by atoms with Gasteiger partial charge in [-0.25, -0.2) is 4.99 Å². The maximum atomic E-state index is 5.42. The van der Waals surface area contributed by atoms with Crippen LogP contribution in [0.5, 0.6) is 0 Å². The Morgan fingerprint density at radius 3 is 3.11 bits per heavy atom. The lowest BCUT2D eigenvalue weighted by atomic mass is 10.2. The zero-order chi connectivity index (χ0) is 6.69. The molecule has 0 aromatic heterocycles. The normalized spacial score (nSPS) is 18.8. The van der Waals surface area contributed by atoms with Crippen LogP contribution >= 0.6 is 11.8 Å². The monoisotopic (exact) mass is 142 g/mol. The Morgan fingerprint density at radius 2 is 2.67 bits per heavy atom. The SMILES string of the molecule is CCC1=CN=C(N)SC1. The van der Waals surface area contributed by atoms with Crippen molar-refractivity contribution in [3.05, 3.63) is 11.8 Å². The van der Waals surface area contributed by atoms with Crippen LogP contribution in [0.4, 0.5) is 0 Å². The van der Waals surface area contributed by atoms with Crippen LogP contribution in [0, 0.1) is 0 Å². The van der Waals surface area contributed by atoms with E-state index in [4.69, 9.17) is 5.73 Å². The van der Waals surface area contributed by atoms with Crippen molar-refractivity contribution in [2.24, 2.45) is 10.7 Å². The predicted octanol–water partition coefficient (Wildman–Crippen LogP) is 1.34. The summed E-state index contributed by atoms with van der Waals surface area (Å²) in [5.74, 6) is 1.02. The minimum atomic E-state index is 0.687. The van der Waals surface area contributed by atoms with Crippen molar-refractivity contribution in [2.75, 3.05) is 5.75 Å². The largest absolute Gasteiger partial charge is 0.378 e. The van der Waals surface area contributed by atoms with Gasteiger partial charge in [0.1, 0.15) is 0 Å². The summed E-state index contributed by atoms with van der Waals surface area (Å²) in [6.45, 7) is 2.13. The molecule has 0 fully saturated rings. The molecule has 9 heavy (non-hydrogen) atoms. The van der Waals surface area contributed by atoms with Gasteiger partial charge in [-0.1, -0.05) is 18.7 Å². The lowest BCUT2D eigenvalue weighted by Gasteiger charge is -2.06. The molecule has 0 spiro atoms. The first-order valence-corrected chi connectivity index (χ1v) is 3.95. The van der Waals surface area contributed by atoms with E-state index in [0.717, 1.165) is 12.2 Å². The molecule has 1 aliphatic rings. The van der Waals surface area contributed by atoms with Crippen LogP contribution in [0.3, 0.4) is 0 Å². The second-order valence-corrected chi connectivity index (χ2v) is 2.89. The molecule has 2 nitrogen and oxygen atoms in total. The van der Waals surface area contributed by atoms with Crippen molar-refractivity contribution in [2.45, 2.75) is 13.3 Å². The molecule has 0 saturated carbocycles. The smallest absolute Gasteiger partial charge is 0.158 e. The number of nitrogens with zero attached hydrogens (tertiary/aromatic N) is 1. The topological polar surface area (TPSA) is 38.4 Å². The summed E-state index contributed by atoms with van der Waals surface area (Å²) < 4.78 is 0. The zero-order valence-corrected chi connectivity index (χ0v) is 6.24. The van der Waals surface area contributed by atoms with E-state index in [1.165, 1.54) is 5.57 Å². The minimum Gasteiger partial charge on any atom is -0.378 e. The highest BCUT2D eigenvalue weighted by molar-refractivity contribution is 8.14. The molecule has 0 aromatic carbocycles. The van der Waals surface area contributed by atoms with E-state index < -0.39 is 0 Å². The Labute approximate surface area is 59.2 Å². The molecule has 0 atom stereocenters. The van der Waals surface area contributed by atoms with Crippen molar-refractivity contribution in [1.29, 1.82) is 0 Å². The fraction of sp³-hybridized carbons (Fsp3) is 0.500. The second-order valence-electron chi connectivity index (χ2n) is 1.90. The van der Waals surface area contributed by atoms with E-state index in [1.54, 1.807) is 11.8 Å². The third-order valence-corrected chi connectivity index (χ3v) is 2.15. The molecule has 0 aromatic rings. The molecule has 1 rings (SSSR count). The first kappa shape index (κ1) is 6.68. The van der Waals surface area contributed by atoms with E-state index in [0.29, 0.717) is 5.17 Å². The van der Waals surface area contributed by atoms with Gasteiger partial charge in [0.2, 0.25) is 0 Å². The average molecular weight is 142 g/mol. The van der Waals surface area contributed by atoms with Gasteiger partial charge in [0.25, 0.3) is 0 Å². The summed E-state index contributed by atoms with van der Waals surface area (Å²) >= 11 is 1.61. The Morgan fingerprint density at radius 1 is 1.89 bits per heavy atom. The van der Waals surface area contributed by atoms with Crippen LogP contribution in [0.2, 0.25) is 0 Å². The molecule has 0 radical (unpaired) electrons. The van der Waals surface area contributed by atoms with Crippen molar-refractivity contribution < 1.29 is 0 Å². The molecule has 1 aliphatic heterocycles. The summed E-state index contributed by atoms with van der Waals surface area (Å²) in [6.07, 6.45) is 2.95. The van der Waals surface area contributed by atoms with Crippen molar-refractivity contribution in [1.82, 2.24) is 0 Å². The summed E-state index contributed by atoms with van der Waals surface area (Å²) in [4.78, 5) is 3.98. The molecule has 3 heteroatoms. The third-order valence-electron chi connectivity index (χ3n) is 1.23. The maximum Gasteiger partial charge on any atom is 0.158 e. The van der Waals surface area contributed by atoms with Gasteiger partial charge in [0, 0.05) is 12.0 Å². The van der Waals surface area contributed by atoms with Crippen LogP contribution in [-0.4, -0.2) is 10.9 Å². The summed E-state index contributed by atoms with van der Waals surface area (Å²) in [5.41, 5.74) is 6.79. The Kier molecular flexibility index (Phi) is 2.16. The molecule has 50 valence electrons. The number of amidine groups is 1. The molecule has 2 N–H and O–H groups in total. The molecule has 0 unspecified atom stereocenters. The van der Waals surface area contributed by atoms with E-state index in [-0.39, 0.29) is 0 Å². The first-order valence-electron chi connectivity index (χ1n) is 2.97. The maximum absolute atomic E-state index is 5.42. The number of hydrogen-bond donors (Lipinski definition) is 1. The molecule has 0 amide bonds. The number of nitrogens with two attached hydrogens (primary N) is 1. The van der Waals surface area contributed by atoms with Crippen molar-refractivity contribution in [3.8, 4) is 0 Å². The number of rotatable bonds is 1. The first-order chi connectivity index (χ1) is 4.33. The lowest BCUT2D eigenvalue weighted by molar-refractivity contribution is 1.09. The van der Waals surface area contributed by atoms with Gasteiger partial charge < -0.3 is 5.73 Å². The minimum absolute atomic E-state index is 0.687. The number of aliphatic imine (C=N–C) groups is 1. The lowest BCUT2D eigenvalue weighted by Crippen LogP contribution is -2.10. The molecular weight excluding hydrogens is 132 g/mol. The Bertz CT molecular complexity index is 160. The van der Waals surface area contributed by atoms with Crippen LogP contribution in [0.15, 0.2) is 16.8 Å². The fourth-order valence-corrected chi connectivity index (χ4v) is 1.33. The fourth-order valence-electron chi connectivity index (χ4n) is 0.589. The third kappa shape index (κ3) is 1.75. The van der Waals surface area contributed by atoms with Gasteiger partial charge in [-0.2, -0.15) is 0 Å². The summed E-state index contributed by atoms with van der Waals surface area (Å²) in [6, 6.07) is 0. The molecule has 0 bridgehead atoms. The van der Waals surface area contributed by atoms with Crippen molar-refractivity contribution in [3.63, 3.8) is 0 Å². The van der Waals surface area contributed by atoms with Crippen LogP contribution in [-0.2, 0) is 0 Å². The molecule has 1 heterocycles. The van der Waals surface area contributed by atoms with Gasteiger partial charge >= 0.3 is 0 Å². The summed E-state index contributed by atoms with van der Waals surface area (Å²) in [7, 11) is 0. The quantitative estimate of drug-likeness (QED) is 0.600. The second kappa shape index (κ2) is 2.92. The Hall–Kier alpha value is -0.440. The standard InChI is InChI=1S/C6H10N2S/c1-2-5-3-8-6(7)9-4-5/h3H,2,4H2,1H3,(H2,7,8). The predicted molar refractivity (Wildman–Crippen MR) is 42.5 cm³/mol. The van der Waals surface area contributed by atoms with Crippen LogP contribution in [0.1, 0.15) is 13.3 Å². The highest BCUT2D eigenvalue weighted by Gasteiger charge is 2.01. The Balaban J connectivity index is 2.59. The molecular formula is C6H10N2S. The molecule has 0 saturated heterocycles. The van der Waals surface area contributed by atoms with Gasteiger partial charge in [0.05, 0.1) is 0 Å². The highest BCUT2D eigenvalue weighted by Crippen LogP contribution is 2.15. The van der Waals surface area contributed by atoms with Gasteiger partial charge in [0.15, 0.2) is 5.17 Å². The van der Waals surface area contributed by atoms with E-state index in [1.807, 2.05) is 6.20 Å². The van der Waals surface area contributed by atoms with Crippen LogP contribution < -0.4 is 5.73 Å². The van der Waals surface area contributed by atoms with Gasteiger partial charge in [-0.05, 0) is 12.0 Å². The van der Waals surface area contributed by atoms with Gasteiger partial charge in [-0.3, -0.25) is 0 Å². The van der Waals surface area contributed by atoms with Crippen LogP contribution in [0.25, 0.3) is 0 Å². The van der Waals surface area contributed by atoms with E-state index in [9.17, 15) is 0 Å². The number of hydrogen-bond acceptors (Lipinski definition) is 3. The van der Waals surface area contributed by atoms with Crippen molar-refractivity contribution >= 4 is 16.9 Å². The van der Waals surface area contributed by atoms with E-state index in [2.05, 4.69) is 11.9 Å².